The molecule has 2 rings (SSSR count). The van der Waals surface area contributed by atoms with E-state index >= 15 is 0 Å². The molecule has 0 spiro atoms. The molecule has 2 atom stereocenters. The molecular formula is C14H25N5O. The normalized spacial score (nSPS) is 22.4. The molecule has 0 radical (unpaired) electrons. The van der Waals surface area contributed by atoms with Crippen LogP contribution in [0.15, 0.2) is 0 Å². The van der Waals surface area contributed by atoms with Crippen LogP contribution in [0.4, 0.5) is 11.6 Å². The van der Waals surface area contributed by atoms with Gasteiger partial charge in [-0.3, -0.25) is 0 Å². The van der Waals surface area contributed by atoms with Gasteiger partial charge in [0.2, 0.25) is 0 Å². The predicted octanol–water partition coefficient (Wildman–Crippen LogP) is 1.81. The van der Waals surface area contributed by atoms with Crippen molar-refractivity contribution >= 4 is 11.6 Å². The number of rotatable bonds is 4. The number of hydrogen-bond donors (Lipinski definition) is 2. The molecule has 6 heteroatoms. The Labute approximate surface area is 120 Å². The third-order valence-corrected chi connectivity index (χ3v) is 3.96. The van der Waals surface area contributed by atoms with Crippen LogP contribution < -0.4 is 16.2 Å². The van der Waals surface area contributed by atoms with Gasteiger partial charge in [0.25, 0.3) is 0 Å². The van der Waals surface area contributed by atoms with E-state index in [4.69, 9.17) is 15.6 Å². The highest BCUT2D eigenvalue weighted by Gasteiger charge is 2.30. The van der Waals surface area contributed by atoms with Crippen molar-refractivity contribution in [2.75, 3.05) is 24.0 Å². The Morgan fingerprint density at radius 2 is 2.10 bits per heavy atom. The zero-order valence-corrected chi connectivity index (χ0v) is 13.0. The molecule has 1 fully saturated rings. The summed E-state index contributed by atoms with van der Waals surface area (Å²) >= 11 is 0. The second-order valence-corrected chi connectivity index (χ2v) is 5.72. The zero-order valence-electron chi connectivity index (χ0n) is 13.0. The van der Waals surface area contributed by atoms with E-state index in [0.29, 0.717) is 11.9 Å². The molecule has 1 aliphatic rings. The second-order valence-electron chi connectivity index (χ2n) is 5.72. The Kier molecular flexibility index (Phi) is 4.45. The largest absolute Gasteiger partial charge is 0.376 e. The van der Waals surface area contributed by atoms with E-state index in [-0.39, 0.29) is 12.0 Å². The lowest BCUT2D eigenvalue weighted by Crippen LogP contribution is -2.38. The minimum absolute atomic E-state index is 0.214. The summed E-state index contributed by atoms with van der Waals surface area (Å²) in [7, 11) is 2.07. The molecule has 0 saturated carbocycles. The Morgan fingerprint density at radius 1 is 1.40 bits per heavy atom. The van der Waals surface area contributed by atoms with Crippen LogP contribution in [0.5, 0.6) is 0 Å². The number of anilines is 2. The summed E-state index contributed by atoms with van der Waals surface area (Å²) in [6.45, 7) is 9.06. The van der Waals surface area contributed by atoms with E-state index in [9.17, 15) is 0 Å². The number of likely N-dealkylation sites (N-methyl/N-ethyl adjacent to an activating group) is 1. The monoisotopic (exact) mass is 279 g/mol. The molecular weight excluding hydrogens is 254 g/mol. The summed E-state index contributed by atoms with van der Waals surface area (Å²) in [5.41, 5.74) is 3.65. The van der Waals surface area contributed by atoms with Crippen LogP contribution in [-0.4, -0.2) is 35.8 Å². The topological polar surface area (TPSA) is 76.3 Å². The minimum atomic E-state index is 0.214. The zero-order chi connectivity index (χ0) is 14.9. The van der Waals surface area contributed by atoms with Crippen LogP contribution in [0.25, 0.3) is 0 Å². The molecule has 20 heavy (non-hydrogen) atoms. The van der Waals surface area contributed by atoms with E-state index in [1.165, 1.54) is 0 Å². The maximum Gasteiger partial charge on any atom is 0.148 e. The van der Waals surface area contributed by atoms with Crippen molar-refractivity contribution in [2.24, 2.45) is 5.84 Å². The quantitative estimate of drug-likeness (QED) is 0.646. The van der Waals surface area contributed by atoms with E-state index in [1.807, 2.05) is 6.92 Å². The summed E-state index contributed by atoms with van der Waals surface area (Å²) in [5.74, 6) is 8.27. The van der Waals surface area contributed by atoms with Gasteiger partial charge in [-0.25, -0.2) is 15.8 Å². The van der Waals surface area contributed by atoms with Gasteiger partial charge >= 0.3 is 0 Å². The summed E-state index contributed by atoms with van der Waals surface area (Å²) in [6, 6.07) is 0.342. The first-order valence-electron chi connectivity index (χ1n) is 7.15. The second kappa shape index (κ2) is 5.93. The van der Waals surface area contributed by atoms with Crippen molar-refractivity contribution in [1.82, 2.24) is 9.97 Å². The molecule has 0 bridgehead atoms. The Bertz CT molecular complexity index is 477. The fourth-order valence-electron chi connectivity index (χ4n) is 2.65. The van der Waals surface area contributed by atoms with Crippen molar-refractivity contribution < 1.29 is 4.74 Å². The molecule has 1 aromatic rings. The summed E-state index contributed by atoms with van der Waals surface area (Å²) in [4.78, 5) is 11.4. The van der Waals surface area contributed by atoms with Crippen LogP contribution in [-0.2, 0) is 4.74 Å². The first kappa shape index (κ1) is 15.0. The van der Waals surface area contributed by atoms with Crippen molar-refractivity contribution in [3.05, 3.63) is 11.4 Å². The average Bonchev–Trinajstić information content (AvgIpc) is 2.84. The molecule has 0 aliphatic carbocycles. The van der Waals surface area contributed by atoms with Crippen LogP contribution in [0, 0.1) is 6.92 Å². The number of nitrogens with one attached hydrogen (secondary N) is 1. The molecule has 1 aromatic heterocycles. The number of aromatic nitrogens is 2. The first-order chi connectivity index (χ1) is 9.45. The van der Waals surface area contributed by atoms with Gasteiger partial charge in [-0.05, 0) is 20.3 Å². The van der Waals surface area contributed by atoms with Crippen LogP contribution in [0.1, 0.15) is 44.5 Å². The van der Waals surface area contributed by atoms with Gasteiger partial charge in [0, 0.05) is 25.1 Å². The third kappa shape index (κ3) is 2.71. The first-order valence-corrected chi connectivity index (χ1v) is 7.15. The highest BCUT2D eigenvalue weighted by Crippen LogP contribution is 2.29. The van der Waals surface area contributed by atoms with E-state index in [1.54, 1.807) is 0 Å². The van der Waals surface area contributed by atoms with E-state index in [0.717, 1.165) is 30.2 Å². The Morgan fingerprint density at radius 3 is 2.60 bits per heavy atom. The van der Waals surface area contributed by atoms with E-state index < -0.39 is 0 Å². The van der Waals surface area contributed by atoms with Crippen LogP contribution in [0.2, 0.25) is 0 Å². The SMILES string of the molecule is Cc1c(NN)nc(C(C)C)nc1N(C)C1CCOC1C. The number of hydrazine groups is 1. The number of nitrogen functional groups attached to an aromatic ring is 1. The standard InChI is InChI=1S/C14H25N5O/c1-8(2)12-16-13(18-15)9(3)14(17-12)19(5)11-6-7-20-10(11)4/h8,10-11H,6-7,15H2,1-5H3,(H,16,17,18). The summed E-state index contributed by atoms with van der Waals surface area (Å²) in [5, 5.41) is 0. The van der Waals surface area contributed by atoms with Crippen LogP contribution >= 0.6 is 0 Å². The molecule has 3 N–H and O–H groups in total. The van der Waals surface area contributed by atoms with Gasteiger partial charge < -0.3 is 15.1 Å². The van der Waals surface area contributed by atoms with Gasteiger partial charge in [0.05, 0.1) is 12.1 Å². The van der Waals surface area contributed by atoms with E-state index in [2.05, 4.69) is 43.1 Å². The molecule has 2 heterocycles. The smallest absolute Gasteiger partial charge is 0.148 e. The Balaban J connectivity index is 2.41. The van der Waals surface area contributed by atoms with Crippen molar-refractivity contribution in [1.29, 1.82) is 0 Å². The lowest BCUT2D eigenvalue weighted by molar-refractivity contribution is 0.118. The van der Waals surface area contributed by atoms with Crippen molar-refractivity contribution in [2.45, 2.75) is 52.2 Å². The summed E-state index contributed by atoms with van der Waals surface area (Å²) < 4.78 is 5.66. The minimum Gasteiger partial charge on any atom is -0.376 e. The summed E-state index contributed by atoms with van der Waals surface area (Å²) in [6.07, 6.45) is 1.23. The molecule has 0 amide bonds. The highest BCUT2D eigenvalue weighted by atomic mass is 16.5. The molecule has 1 saturated heterocycles. The van der Waals surface area contributed by atoms with Gasteiger partial charge in [-0.2, -0.15) is 0 Å². The number of nitrogens with zero attached hydrogens (tertiary/aromatic N) is 3. The molecule has 2 unspecified atom stereocenters. The number of hydrogen-bond acceptors (Lipinski definition) is 6. The maximum atomic E-state index is 5.66. The fraction of sp³-hybridized carbons (Fsp3) is 0.714. The number of nitrogens with two attached hydrogens (primary N) is 1. The van der Waals surface area contributed by atoms with Crippen molar-refractivity contribution in [3.8, 4) is 0 Å². The molecule has 0 aromatic carbocycles. The van der Waals surface area contributed by atoms with Gasteiger partial charge in [0.15, 0.2) is 0 Å². The lowest BCUT2D eigenvalue weighted by Gasteiger charge is -2.30. The lowest BCUT2D eigenvalue weighted by atomic mass is 10.1. The van der Waals surface area contributed by atoms with Gasteiger partial charge in [0.1, 0.15) is 17.5 Å². The third-order valence-electron chi connectivity index (χ3n) is 3.96. The predicted molar refractivity (Wildman–Crippen MR) is 80.9 cm³/mol. The number of ether oxygens (including phenoxy) is 1. The average molecular weight is 279 g/mol. The van der Waals surface area contributed by atoms with Crippen LogP contribution in [0.3, 0.4) is 0 Å². The van der Waals surface area contributed by atoms with Gasteiger partial charge in [-0.15, -0.1) is 0 Å². The van der Waals surface area contributed by atoms with Gasteiger partial charge in [-0.1, -0.05) is 13.8 Å². The Hall–Kier alpha value is -1.40. The molecule has 1 aliphatic heterocycles. The highest BCUT2D eigenvalue weighted by molar-refractivity contribution is 5.58. The maximum absolute atomic E-state index is 5.66. The fourth-order valence-corrected chi connectivity index (χ4v) is 2.65. The molecule has 6 nitrogen and oxygen atoms in total. The van der Waals surface area contributed by atoms with Crippen molar-refractivity contribution in [3.63, 3.8) is 0 Å². The molecule has 112 valence electrons.